The zero-order valence-electron chi connectivity index (χ0n) is 11.3. The maximum atomic E-state index is 13.2. The molecule has 0 saturated heterocycles. The number of nitrogens with one attached hydrogen (secondary N) is 2. The first-order valence-corrected chi connectivity index (χ1v) is 5.79. The van der Waals surface area contributed by atoms with Gasteiger partial charge in [0.25, 0.3) is 11.8 Å². The molecule has 0 aliphatic heterocycles. The van der Waals surface area contributed by atoms with Crippen LogP contribution < -0.4 is 10.6 Å². The Kier molecular flexibility index (Phi) is 5.78. The predicted octanol–water partition coefficient (Wildman–Crippen LogP) is 1.80. The quantitative estimate of drug-likeness (QED) is 0.692. The molecule has 0 bridgehead atoms. The molecular weight excluding hydrogens is 332 g/mol. The number of hydrogen-bond donors (Lipinski definition) is 2. The van der Waals surface area contributed by atoms with Gasteiger partial charge in [-0.1, -0.05) is 0 Å². The molecular formula is C10H12F8N2O2. The second-order valence-electron chi connectivity index (χ2n) is 4.02. The minimum absolute atomic E-state index is 0.636. The van der Waals surface area contributed by atoms with Crippen LogP contribution >= 0.6 is 0 Å². The second-order valence-corrected chi connectivity index (χ2v) is 4.02. The monoisotopic (exact) mass is 344 g/mol. The molecule has 22 heavy (non-hydrogen) atoms. The van der Waals surface area contributed by atoms with Crippen LogP contribution in [0.25, 0.3) is 0 Å². The highest BCUT2D eigenvalue weighted by atomic mass is 19.4. The smallest absolute Gasteiger partial charge is 0.351 e. The lowest BCUT2D eigenvalue weighted by Gasteiger charge is -2.35. The molecule has 0 unspecified atom stereocenters. The van der Waals surface area contributed by atoms with E-state index in [0.29, 0.717) is 0 Å². The fourth-order valence-corrected chi connectivity index (χ4v) is 1.22. The third-order valence-electron chi connectivity index (χ3n) is 2.43. The summed E-state index contributed by atoms with van der Waals surface area (Å²) in [7, 11) is 0. The summed E-state index contributed by atoms with van der Waals surface area (Å²) in [6.07, 6.45) is 0. The van der Waals surface area contributed by atoms with Crippen molar-refractivity contribution in [3.8, 4) is 0 Å². The van der Waals surface area contributed by atoms with Crippen LogP contribution in [0, 0.1) is 0 Å². The van der Waals surface area contributed by atoms with E-state index in [1.807, 2.05) is 0 Å². The lowest BCUT2D eigenvalue weighted by atomic mass is 9.97. The fourth-order valence-electron chi connectivity index (χ4n) is 1.22. The minimum atomic E-state index is -6.81. The summed E-state index contributed by atoms with van der Waals surface area (Å²) < 4.78 is 106. The maximum absolute atomic E-state index is 13.2. The summed E-state index contributed by atoms with van der Waals surface area (Å²) in [5.74, 6) is -31.7. The van der Waals surface area contributed by atoms with Gasteiger partial charge in [0.2, 0.25) is 0 Å². The summed E-state index contributed by atoms with van der Waals surface area (Å²) in [6.45, 7) is 0.743. The first-order valence-electron chi connectivity index (χ1n) is 5.79. The zero-order chi connectivity index (χ0) is 18.0. The van der Waals surface area contributed by atoms with Gasteiger partial charge < -0.3 is 10.6 Å². The average Bonchev–Trinajstić information content (AvgIpc) is 2.38. The number of carbonyl (C=O) groups excluding carboxylic acids is 2. The van der Waals surface area contributed by atoms with E-state index in [0.717, 1.165) is 24.5 Å². The van der Waals surface area contributed by atoms with Crippen LogP contribution in [-0.2, 0) is 9.59 Å². The van der Waals surface area contributed by atoms with Crippen molar-refractivity contribution < 1.29 is 44.7 Å². The van der Waals surface area contributed by atoms with E-state index in [-0.39, 0.29) is 0 Å². The molecule has 12 heteroatoms. The Bertz CT molecular complexity index is 399. The van der Waals surface area contributed by atoms with Crippen molar-refractivity contribution in [1.82, 2.24) is 10.6 Å². The van der Waals surface area contributed by atoms with Crippen LogP contribution in [0.4, 0.5) is 35.1 Å². The third-order valence-corrected chi connectivity index (χ3v) is 2.43. The standard InChI is InChI=1S/C10H12F8N2O2/c1-3-19-5(21)7(11,12)9(15,16)10(17,18)8(13,14)6(22)20-4-2/h3-4H2,1-2H3,(H,19,21)(H,20,22). The van der Waals surface area contributed by atoms with E-state index in [9.17, 15) is 44.7 Å². The van der Waals surface area contributed by atoms with Crippen LogP contribution in [0.2, 0.25) is 0 Å². The molecule has 2 N–H and O–H groups in total. The highest BCUT2D eigenvalue weighted by Gasteiger charge is 2.84. The molecule has 0 atom stereocenters. The van der Waals surface area contributed by atoms with E-state index in [4.69, 9.17) is 0 Å². The first kappa shape index (κ1) is 20.4. The van der Waals surface area contributed by atoms with Crippen molar-refractivity contribution in [3.05, 3.63) is 0 Å². The van der Waals surface area contributed by atoms with E-state index in [1.165, 1.54) is 0 Å². The molecule has 0 saturated carbocycles. The molecule has 0 radical (unpaired) electrons. The number of halogens is 8. The molecule has 0 rings (SSSR count). The second kappa shape index (κ2) is 6.24. The van der Waals surface area contributed by atoms with E-state index in [2.05, 4.69) is 0 Å². The Labute approximate surface area is 119 Å². The molecule has 0 aliphatic carbocycles. The number of alkyl halides is 8. The van der Waals surface area contributed by atoms with Crippen LogP contribution in [0.1, 0.15) is 13.8 Å². The highest BCUT2D eigenvalue weighted by Crippen LogP contribution is 2.52. The summed E-state index contributed by atoms with van der Waals surface area (Å²) in [6, 6.07) is 0. The number of amides is 2. The summed E-state index contributed by atoms with van der Waals surface area (Å²) >= 11 is 0. The van der Waals surface area contributed by atoms with Crippen LogP contribution in [-0.4, -0.2) is 48.6 Å². The number of rotatable bonds is 7. The van der Waals surface area contributed by atoms with E-state index >= 15 is 0 Å². The molecule has 0 spiro atoms. The van der Waals surface area contributed by atoms with Crippen LogP contribution in [0.3, 0.4) is 0 Å². The number of carbonyl (C=O) groups is 2. The molecule has 0 aromatic heterocycles. The SMILES string of the molecule is CCNC(=O)C(F)(F)C(F)(F)C(F)(F)C(F)(F)C(=O)NCC. The van der Waals surface area contributed by atoms with Gasteiger partial charge in [0.1, 0.15) is 0 Å². The van der Waals surface area contributed by atoms with Gasteiger partial charge in [-0.05, 0) is 13.8 Å². The van der Waals surface area contributed by atoms with Gasteiger partial charge in [-0.15, -0.1) is 0 Å². The van der Waals surface area contributed by atoms with Crippen molar-refractivity contribution in [2.45, 2.75) is 37.5 Å². The average molecular weight is 344 g/mol. The topological polar surface area (TPSA) is 58.2 Å². The lowest BCUT2D eigenvalue weighted by Crippen LogP contribution is -2.69. The van der Waals surface area contributed by atoms with Crippen molar-refractivity contribution in [2.75, 3.05) is 13.1 Å². The normalized spacial score (nSPS) is 13.7. The zero-order valence-corrected chi connectivity index (χ0v) is 11.3. The molecule has 0 aromatic rings. The van der Waals surface area contributed by atoms with Crippen LogP contribution in [0.15, 0.2) is 0 Å². The Morgan fingerprint density at radius 2 is 0.909 bits per heavy atom. The van der Waals surface area contributed by atoms with Gasteiger partial charge in [-0.2, -0.15) is 35.1 Å². The summed E-state index contributed by atoms with van der Waals surface area (Å²) in [4.78, 5) is 21.5. The Morgan fingerprint density at radius 3 is 1.09 bits per heavy atom. The lowest BCUT2D eigenvalue weighted by molar-refractivity contribution is -0.347. The van der Waals surface area contributed by atoms with Crippen LogP contribution in [0.5, 0.6) is 0 Å². The van der Waals surface area contributed by atoms with Gasteiger partial charge in [0.05, 0.1) is 0 Å². The Hall–Kier alpha value is -1.62. The fraction of sp³-hybridized carbons (Fsp3) is 0.800. The molecule has 0 heterocycles. The first-order chi connectivity index (χ1) is 9.71. The maximum Gasteiger partial charge on any atom is 0.392 e. The summed E-state index contributed by atoms with van der Waals surface area (Å²) in [5, 5.41) is 2.24. The van der Waals surface area contributed by atoms with Gasteiger partial charge in [0.15, 0.2) is 0 Å². The number of hydrogen-bond acceptors (Lipinski definition) is 2. The molecule has 2 amide bonds. The van der Waals surface area contributed by atoms with Crippen molar-refractivity contribution in [2.24, 2.45) is 0 Å². The Morgan fingerprint density at radius 1 is 0.682 bits per heavy atom. The molecule has 130 valence electrons. The van der Waals surface area contributed by atoms with Gasteiger partial charge >= 0.3 is 23.7 Å². The largest absolute Gasteiger partial charge is 0.392 e. The Balaban J connectivity index is 5.84. The van der Waals surface area contributed by atoms with Gasteiger partial charge in [-0.3, -0.25) is 9.59 Å². The predicted molar refractivity (Wildman–Crippen MR) is 57.2 cm³/mol. The minimum Gasteiger partial charge on any atom is -0.351 e. The van der Waals surface area contributed by atoms with Gasteiger partial charge in [0, 0.05) is 13.1 Å². The molecule has 0 aromatic carbocycles. The van der Waals surface area contributed by atoms with Gasteiger partial charge in [-0.25, -0.2) is 0 Å². The summed E-state index contributed by atoms with van der Waals surface area (Å²) in [5.41, 5.74) is 0. The highest BCUT2D eigenvalue weighted by molar-refractivity contribution is 5.87. The van der Waals surface area contributed by atoms with E-state index in [1.54, 1.807) is 0 Å². The molecule has 0 fully saturated rings. The molecule has 4 nitrogen and oxygen atoms in total. The van der Waals surface area contributed by atoms with Crippen molar-refractivity contribution in [1.29, 1.82) is 0 Å². The van der Waals surface area contributed by atoms with E-state index < -0.39 is 48.6 Å². The molecule has 0 aliphatic rings. The van der Waals surface area contributed by atoms with Crippen molar-refractivity contribution >= 4 is 11.8 Å². The third kappa shape index (κ3) is 2.95. The van der Waals surface area contributed by atoms with Crippen molar-refractivity contribution in [3.63, 3.8) is 0 Å².